The van der Waals surface area contributed by atoms with Gasteiger partial charge in [-0.2, -0.15) is 0 Å². The number of aliphatic hydroxyl groups is 4. The maximum atomic E-state index is 10.6. The molecule has 2 aliphatic rings. The van der Waals surface area contributed by atoms with Gasteiger partial charge in [-0.05, 0) is 60.8 Å². The first-order chi connectivity index (χ1) is 13.5. The lowest BCUT2D eigenvalue weighted by molar-refractivity contribution is -0.127. The predicted octanol–water partition coefficient (Wildman–Crippen LogP) is 2.64. The van der Waals surface area contributed by atoms with Crippen LogP contribution in [0.1, 0.15) is 58.9 Å². The molecule has 2 aromatic rings. The zero-order valence-electron chi connectivity index (χ0n) is 16.3. The van der Waals surface area contributed by atoms with Gasteiger partial charge in [-0.15, -0.1) is 0 Å². The van der Waals surface area contributed by atoms with E-state index in [2.05, 4.69) is 49.4 Å². The molecule has 0 bridgehead atoms. The molecule has 2 saturated carbocycles. The minimum atomic E-state index is -1.24. The smallest absolute Gasteiger partial charge is 0.107 e. The van der Waals surface area contributed by atoms with Crippen LogP contribution >= 0.6 is 0 Å². The van der Waals surface area contributed by atoms with E-state index in [4.69, 9.17) is 0 Å². The summed E-state index contributed by atoms with van der Waals surface area (Å²) in [5.41, 5.74) is 6.14. The SMILES string of the molecule is Cc1ccc(Cc2cc([C@@H]3C[C@H](CO)[C@@H](O)[C@H](O)[C@H]3O)ccc2C2CC2)cc1. The summed E-state index contributed by atoms with van der Waals surface area (Å²) in [5.74, 6) is -0.0870. The van der Waals surface area contributed by atoms with Crippen molar-refractivity contribution in [1.29, 1.82) is 0 Å². The molecule has 2 aliphatic carbocycles. The molecular formula is C24H30O4. The number of rotatable bonds is 5. The van der Waals surface area contributed by atoms with Gasteiger partial charge in [0.1, 0.15) is 6.10 Å². The summed E-state index contributed by atoms with van der Waals surface area (Å²) in [5, 5.41) is 40.5. The van der Waals surface area contributed by atoms with Gasteiger partial charge in [-0.1, -0.05) is 48.0 Å². The molecule has 4 nitrogen and oxygen atoms in total. The van der Waals surface area contributed by atoms with Crippen LogP contribution in [0, 0.1) is 12.8 Å². The lowest BCUT2D eigenvalue weighted by Gasteiger charge is -2.40. The number of aliphatic hydroxyl groups excluding tert-OH is 4. The second-order valence-electron chi connectivity index (χ2n) is 8.65. The summed E-state index contributed by atoms with van der Waals surface area (Å²) in [7, 11) is 0. The van der Waals surface area contributed by atoms with E-state index < -0.39 is 24.2 Å². The molecule has 4 heteroatoms. The Morgan fingerprint density at radius 1 is 0.893 bits per heavy atom. The van der Waals surface area contributed by atoms with Crippen molar-refractivity contribution in [2.45, 2.75) is 62.8 Å². The first-order valence-corrected chi connectivity index (χ1v) is 10.3. The third-order valence-corrected chi connectivity index (χ3v) is 6.51. The maximum Gasteiger partial charge on any atom is 0.107 e. The molecule has 0 radical (unpaired) electrons. The Morgan fingerprint density at radius 3 is 2.25 bits per heavy atom. The second kappa shape index (κ2) is 7.96. The summed E-state index contributed by atoms with van der Waals surface area (Å²) in [4.78, 5) is 0. The van der Waals surface area contributed by atoms with Crippen molar-refractivity contribution in [3.63, 3.8) is 0 Å². The summed E-state index contributed by atoms with van der Waals surface area (Å²) in [6.07, 6.45) is 0.401. The third-order valence-electron chi connectivity index (χ3n) is 6.51. The summed E-state index contributed by atoms with van der Waals surface area (Å²) < 4.78 is 0. The van der Waals surface area contributed by atoms with Crippen molar-refractivity contribution < 1.29 is 20.4 Å². The van der Waals surface area contributed by atoms with Crippen molar-refractivity contribution in [1.82, 2.24) is 0 Å². The zero-order chi connectivity index (χ0) is 19.8. The first kappa shape index (κ1) is 19.6. The Morgan fingerprint density at radius 2 is 1.61 bits per heavy atom. The number of hydrogen-bond acceptors (Lipinski definition) is 4. The van der Waals surface area contributed by atoms with Crippen molar-refractivity contribution in [3.05, 3.63) is 70.3 Å². The summed E-state index contributed by atoms with van der Waals surface area (Å²) in [6.45, 7) is 1.89. The van der Waals surface area contributed by atoms with Crippen LogP contribution < -0.4 is 0 Å². The van der Waals surface area contributed by atoms with Gasteiger partial charge in [-0.3, -0.25) is 0 Å². The molecule has 4 N–H and O–H groups in total. The molecule has 0 aliphatic heterocycles. The van der Waals surface area contributed by atoms with Crippen LogP contribution in [0.2, 0.25) is 0 Å². The molecule has 0 heterocycles. The fourth-order valence-corrected chi connectivity index (χ4v) is 4.57. The van der Waals surface area contributed by atoms with E-state index in [0.717, 1.165) is 12.0 Å². The Bertz CT molecular complexity index is 810. The molecule has 0 spiro atoms. The van der Waals surface area contributed by atoms with Crippen LogP contribution in [0.25, 0.3) is 0 Å². The third kappa shape index (κ3) is 3.87. The number of benzene rings is 2. The van der Waals surface area contributed by atoms with Gasteiger partial charge in [-0.25, -0.2) is 0 Å². The Labute approximate surface area is 166 Å². The number of aryl methyl sites for hydroxylation is 1. The zero-order valence-corrected chi connectivity index (χ0v) is 16.3. The average Bonchev–Trinajstić information content (AvgIpc) is 3.53. The van der Waals surface area contributed by atoms with Crippen molar-refractivity contribution in [2.75, 3.05) is 6.61 Å². The van der Waals surface area contributed by atoms with Crippen LogP contribution in [-0.4, -0.2) is 45.3 Å². The van der Waals surface area contributed by atoms with Gasteiger partial charge in [0.05, 0.1) is 12.2 Å². The van der Waals surface area contributed by atoms with Crippen molar-refractivity contribution in [3.8, 4) is 0 Å². The van der Waals surface area contributed by atoms with Crippen LogP contribution in [-0.2, 0) is 6.42 Å². The second-order valence-corrected chi connectivity index (χ2v) is 8.65. The van der Waals surface area contributed by atoms with Gasteiger partial charge in [0.15, 0.2) is 0 Å². The average molecular weight is 383 g/mol. The normalized spacial score (nSPS) is 30.4. The molecule has 0 aromatic heterocycles. The van der Waals surface area contributed by atoms with Crippen molar-refractivity contribution >= 4 is 0 Å². The Balaban J connectivity index is 1.65. The highest BCUT2D eigenvalue weighted by Crippen LogP contribution is 2.44. The lowest BCUT2D eigenvalue weighted by Crippen LogP contribution is -2.51. The highest BCUT2D eigenvalue weighted by molar-refractivity contribution is 5.42. The highest BCUT2D eigenvalue weighted by Gasteiger charge is 2.43. The van der Waals surface area contributed by atoms with E-state index in [0.29, 0.717) is 12.3 Å². The van der Waals surface area contributed by atoms with Crippen molar-refractivity contribution in [2.24, 2.45) is 5.92 Å². The molecule has 150 valence electrons. The minimum absolute atomic E-state index is 0.197. The molecule has 0 unspecified atom stereocenters. The highest BCUT2D eigenvalue weighted by atomic mass is 16.4. The monoisotopic (exact) mass is 382 g/mol. The fourth-order valence-electron chi connectivity index (χ4n) is 4.57. The topological polar surface area (TPSA) is 80.9 Å². The van der Waals surface area contributed by atoms with Gasteiger partial charge in [0, 0.05) is 18.4 Å². The van der Waals surface area contributed by atoms with Crippen LogP contribution in [0.5, 0.6) is 0 Å². The molecule has 5 atom stereocenters. The van der Waals surface area contributed by atoms with E-state index >= 15 is 0 Å². The fraction of sp³-hybridized carbons (Fsp3) is 0.500. The Kier molecular flexibility index (Phi) is 5.57. The Hall–Kier alpha value is -1.72. The van der Waals surface area contributed by atoms with Crippen LogP contribution in [0.15, 0.2) is 42.5 Å². The van der Waals surface area contributed by atoms with Crippen LogP contribution in [0.3, 0.4) is 0 Å². The lowest BCUT2D eigenvalue weighted by atomic mass is 9.72. The van der Waals surface area contributed by atoms with E-state index in [9.17, 15) is 20.4 Å². The quantitative estimate of drug-likeness (QED) is 0.641. The van der Waals surface area contributed by atoms with E-state index in [1.165, 1.54) is 35.1 Å². The van der Waals surface area contributed by atoms with E-state index in [1.54, 1.807) is 0 Å². The molecule has 0 saturated heterocycles. The molecule has 0 amide bonds. The molecular weight excluding hydrogens is 352 g/mol. The first-order valence-electron chi connectivity index (χ1n) is 10.3. The van der Waals surface area contributed by atoms with Gasteiger partial charge < -0.3 is 20.4 Å². The van der Waals surface area contributed by atoms with Crippen LogP contribution in [0.4, 0.5) is 0 Å². The number of hydrogen-bond donors (Lipinski definition) is 4. The maximum absolute atomic E-state index is 10.6. The molecule has 4 rings (SSSR count). The predicted molar refractivity (Wildman–Crippen MR) is 108 cm³/mol. The van der Waals surface area contributed by atoms with Gasteiger partial charge in [0.25, 0.3) is 0 Å². The summed E-state index contributed by atoms with van der Waals surface area (Å²) >= 11 is 0. The molecule has 2 aromatic carbocycles. The summed E-state index contributed by atoms with van der Waals surface area (Å²) in [6, 6.07) is 15.0. The van der Waals surface area contributed by atoms with Gasteiger partial charge >= 0.3 is 0 Å². The standard InChI is InChI=1S/C24H30O4/c1-14-2-4-15(5-3-14)10-18-11-17(8-9-20(18)16-6-7-16)21-12-19(13-25)22(26)24(28)23(21)27/h2-5,8-9,11,16,19,21-28H,6-7,10,12-13H2,1H3/t19-,21+,22-,23+,24+/m1/s1. The van der Waals surface area contributed by atoms with Gasteiger partial charge in [0.2, 0.25) is 0 Å². The minimum Gasteiger partial charge on any atom is -0.396 e. The van der Waals surface area contributed by atoms with E-state index in [-0.39, 0.29) is 12.5 Å². The van der Waals surface area contributed by atoms with E-state index in [1.807, 2.05) is 0 Å². The largest absolute Gasteiger partial charge is 0.396 e. The molecule has 2 fully saturated rings. The molecule has 28 heavy (non-hydrogen) atoms.